The lowest BCUT2D eigenvalue weighted by Crippen LogP contribution is -1.95. The van der Waals surface area contributed by atoms with Crippen LogP contribution in [0.5, 0.6) is 5.75 Å². The lowest BCUT2D eigenvalue weighted by atomic mass is 10.1. The molecule has 0 N–H and O–H groups in total. The molecule has 1 heterocycles. The van der Waals surface area contributed by atoms with E-state index in [1.165, 1.54) is 0 Å². The van der Waals surface area contributed by atoms with Crippen molar-refractivity contribution in [2.24, 2.45) is 4.99 Å². The molecule has 122 valence electrons. The Morgan fingerprint density at radius 1 is 1.08 bits per heavy atom. The predicted molar refractivity (Wildman–Crippen MR) is 101 cm³/mol. The highest BCUT2D eigenvalue weighted by molar-refractivity contribution is 6.32. The molecule has 0 fully saturated rings. The molecule has 0 bridgehead atoms. The summed E-state index contributed by atoms with van der Waals surface area (Å²) in [5.74, 6) is 0.828. The molecule has 1 aromatic heterocycles. The second kappa shape index (κ2) is 7.65. The summed E-state index contributed by atoms with van der Waals surface area (Å²) in [7, 11) is 0. The first-order chi connectivity index (χ1) is 11.7. The molecule has 0 aliphatic carbocycles. The highest BCUT2D eigenvalue weighted by Crippen LogP contribution is 2.24. The second-order valence-electron chi connectivity index (χ2n) is 5.31. The zero-order valence-electron chi connectivity index (χ0n) is 13.2. The summed E-state index contributed by atoms with van der Waals surface area (Å²) in [6.45, 7) is 2.77. The van der Waals surface area contributed by atoms with E-state index in [9.17, 15) is 0 Å². The molecule has 3 rings (SSSR count). The Morgan fingerprint density at radius 3 is 2.62 bits per heavy atom. The van der Waals surface area contributed by atoms with Crippen molar-refractivity contribution in [1.82, 2.24) is 4.98 Å². The molecule has 24 heavy (non-hydrogen) atoms. The van der Waals surface area contributed by atoms with Gasteiger partial charge in [-0.15, -0.1) is 0 Å². The van der Waals surface area contributed by atoms with Gasteiger partial charge in [0.1, 0.15) is 10.9 Å². The van der Waals surface area contributed by atoms with E-state index in [4.69, 9.17) is 27.9 Å². The number of benzene rings is 2. The number of aromatic nitrogens is 1. The first kappa shape index (κ1) is 16.7. The largest absolute Gasteiger partial charge is 0.494 e. The van der Waals surface area contributed by atoms with E-state index < -0.39 is 0 Å². The number of halogens is 2. The third-order valence-electron chi connectivity index (χ3n) is 3.42. The third-order valence-corrected chi connectivity index (χ3v) is 3.97. The van der Waals surface area contributed by atoms with Gasteiger partial charge in [0.2, 0.25) is 0 Å². The normalized spacial score (nSPS) is 11.3. The van der Waals surface area contributed by atoms with Crippen molar-refractivity contribution in [2.75, 3.05) is 6.61 Å². The Bertz CT molecular complexity index is 876. The maximum Gasteiger partial charge on any atom is 0.138 e. The van der Waals surface area contributed by atoms with E-state index in [1.54, 1.807) is 18.3 Å². The van der Waals surface area contributed by atoms with Gasteiger partial charge in [0.15, 0.2) is 0 Å². The van der Waals surface area contributed by atoms with Gasteiger partial charge in [-0.3, -0.25) is 4.99 Å². The number of nitrogens with zero attached hydrogens (tertiary/aromatic N) is 2. The molecule has 3 aromatic rings. The first-order valence-corrected chi connectivity index (χ1v) is 8.44. The fourth-order valence-corrected chi connectivity index (χ4v) is 2.54. The molecule has 0 saturated heterocycles. The lowest BCUT2D eigenvalue weighted by molar-refractivity contribution is 0.318. The summed E-state index contributed by atoms with van der Waals surface area (Å²) < 4.78 is 5.67. The molecule has 0 spiro atoms. The number of pyridine rings is 1. The first-order valence-electron chi connectivity index (χ1n) is 7.68. The van der Waals surface area contributed by atoms with Gasteiger partial charge >= 0.3 is 0 Å². The van der Waals surface area contributed by atoms with Crippen LogP contribution >= 0.6 is 23.2 Å². The number of fused-ring (bicyclic) bond motifs is 1. The molecule has 0 unspecified atom stereocenters. The van der Waals surface area contributed by atoms with Crippen molar-refractivity contribution in [3.63, 3.8) is 0 Å². The van der Waals surface area contributed by atoms with Crippen LogP contribution in [0.15, 0.2) is 53.5 Å². The number of rotatable bonds is 5. The minimum absolute atomic E-state index is 0.419. The maximum atomic E-state index is 6.26. The molecule has 2 aromatic carbocycles. The number of ether oxygens (including phenoxy) is 1. The standard InChI is InChI=1S/C19H16Cl2N2O/c1-2-9-24-17-7-8-18-13(11-17)10-14(19(21)23-18)12-22-16-5-3-15(20)4-6-16/h3-8,10-12H,2,9H2,1H3. The smallest absolute Gasteiger partial charge is 0.138 e. The Morgan fingerprint density at radius 2 is 1.88 bits per heavy atom. The van der Waals surface area contributed by atoms with Crippen LogP contribution in [0.25, 0.3) is 10.9 Å². The summed E-state index contributed by atoms with van der Waals surface area (Å²) >= 11 is 12.1. The Kier molecular flexibility index (Phi) is 5.34. The van der Waals surface area contributed by atoms with E-state index in [2.05, 4.69) is 16.9 Å². The van der Waals surface area contributed by atoms with E-state index in [-0.39, 0.29) is 0 Å². The molecule has 0 saturated carbocycles. The highest BCUT2D eigenvalue weighted by Gasteiger charge is 2.05. The van der Waals surface area contributed by atoms with Crippen LogP contribution in [-0.2, 0) is 0 Å². The average molecular weight is 359 g/mol. The van der Waals surface area contributed by atoms with Crippen molar-refractivity contribution in [3.8, 4) is 5.75 Å². The van der Waals surface area contributed by atoms with Crippen LogP contribution in [0.3, 0.4) is 0 Å². The van der Waals surface area contributed by atoms with Crippen LogP contribution in [0.2, 0.25) is 10.2 Å². The van der Waals surface area contributed by atoms with E-state index in [0.29, 0.717) is 16.8 Å². The van der Waals surface area contributed by atoms with Gasteiger partial charge in [-0.05, 0) is 55.0 Å². The molecule has 0 amide bonds. The van der Waals surface area contributed by atoms with Crippen LogP contribution in [-0.4, -0.2) is 17.8 Å². The Labute approximate surface area is 150 Å². The minimum atomic E-state index is 0.419. The average Bonchev–Trinajstić information content (AvgIpc) is 2.59. The van der Waals surface area contributed by atoms with Crippen molar-refractivity contribution in [2.45, 2.75) is 13.3 Å². The number of aliphatic imine (C=N–C) groups is 1. The van der Waals surface area contributed by atoms with Gasteiger partial charge in [-0.25, -0.2) is 4.98 Å². The molecular formula is C19H16Cl2N2O. The Balaban J connectivity index is 1.91. The number of hydrogen-bond donors (Lipinski definition) is 0. The van der Waals surface area contributed by atoms with Gasteiger partial charge in [0, 0.05) is 22.2 Å². The van der Waals surface area contributed by atoms with Crippen LogP contribution < -0.4 is 4.74 Å². The highest BCUT2D eigenvalue weighted by atomic mass is 35.5. The van der Waals surface area contributed by atoms with Gasteiger partial charge in [-0.2, -0.15) is 0 Å². The van der Waals surface area contributed by atoms with Gasteiger partial charge in [0.05, 0.1) is 17.8 Å². The van der Waals surface area contributed by atoms with Crippen LogP contribution in [0.1, 0.15) is 18.9 Å². The van der Waals surface area contributed by atoms with E-state index >= 15 is 0 Å². The molecule has 0 atom stereocenters. The summed E-state index contributed by atoms with van der Waals surface area (Å²) in [4.78, 5) is 8.84. The van der Waals surface area contributed by atoms with Gasteiger partial charge in [0.25, 0.3) is 0 Å². The van der Waals surface area contributed by atoms with E-state index in [1.807, 2.05) is 36.4 Å². The van der Waals surface area contributed by atoms with Crippen molar-refractivity contribution in [3.05, 3.63) is 64.3 Å². The molecule has 0 aliphatic rings. The molecule has 3 nitrogen and oxygen atoms in total. The van der Waals surface area contributed by atoms with E-state index in [0.717, 1.165) is 34.3 Å². The lowest BCUT2D eigenvalue weighted by Gasteiger charge is -2.07. The summed E-state index contributed by atoms with van der Waals surface area (Å²) in [5.41, 5.74) is 2.38. The third kappa shape index (κ3) is 4.05. The maximum absolute atomic E-state index is 6.26. The van der Waals surface area contributed by atoms with Gasteiger partial charge in [-0.1, -0.05) is 30.1 Å². The monoisotopic (exact) mass is 358 g/mol. The Hall–Kier alpha value is -2.10. The summed E-state index contributed by atoms with van der Waals surface area (Å²) in [5, 5.41) is 2.06. The zero-order chi connectivity index (χ0) is 16.9. The summed E-state index contributed by atoms with van der Waals surface area (Å²) in [6, 6.07) is 15.0. The fraction of sp³-hybridized carbons (Fsp3) is 0.158. The second-order valence-corrected chi connectivity index (χ2v) is 6.10. The fourth-order valence-electron chi connectivity index (χ4n) is 2.22. The van der Waals surface area contributed by atoms with Crippen LogP contribution in [0, 0.1) is 0 Å². The molecular weight excluding hydrogens is 343 g/mol. The summed E-state index contributed by atoms with van der Waals surface area (Å²) in [6.07, 6.45) is 2.67. The quantitative estimate of drug-likeness (QED) is 0.409. The predicted octanol–water partition coefficient (Wildman–Crippen LogP) is 6.08. The topological polar surface area (TPSA) is 34.5 Å². The molecule has 5 heteroatoms. The minimum Gasteiger partial charge on any atom is -0.494 e. The zero-order valence-corrected chi connectivity index (χ0v) is 14.7. The molecule has 0 radical (unpaired) electrons. The van der Waals surface area contributed by atoms with Crippen LogP contribution in [0.4, 0.5) is 5.69 Å². The van der Waals surface area contributed by atoms with Crippen molar-refractivity contribution in [1.29, 1.82) is 0 Å². The number of hydrogen-bond acceptors (Lipinski definition) is 3. The SMILES string of the molecule is CCCOc1ccc2nc(Cl)c(C=Nc3ccc(Cl)cc3)cc2c1. The van der Waals surface area contributed by atoms with Gasteiger partial charge < -0.3 is 4.74 Å². The van der Waals surface area contributed by atoms with Crippen molar-refractivity contribution < 1.29 is 4.74 Å². The molecule has 0 aliphatic heterocycles. The van der Waals surface area contributed by atoms with Crippen molar-refractivity contribution >= 4 is 46.0 Å².